The first-order valence-corrected chi connectivity index (χ1v) is 9.27. The predicted octanol–water partition coefficient (Wildman–Crippen LogP) is 2.76. The molecule has 3 N–H and O–H groups in total. The molecule has 9 heteroatoms. The molecule has 2 aromatic rings. The summed E-state index contributed by atoms with van der Waals surface area (Å²) in [7, 11) is 0. The van der Waals surface area contributed by atoms with Crippen LogP contribution in [0.1, 0.15) is 48.7 Å². The lowest BCUT2D eigenvalue weighted by Gasteiger charge is -2.26. The van der Waals surface area contributed by atoms with E-state index in [2.05, 4.69) is 4.90 Å². The number of hydrogen-bond acceptors (Lipinski definition) is 5. The van der Waals surface area contributed by atoms with Crippen LogP contribution in [0.15, 0.2) is 27.4 Å². The van der Waals surface area contributed by atoms with E-state index in [1.165, 1.54) is 0 Å². The Morgan fingerprint density at radius 2 is 1.76 bits per heavy atom. The summed E-state index contributed by atoms with van der Waals surface area (Å²) in [6.45, 7) is 1.94. The molecule has 1 saturated heterocycles. The third-order valence-electron chi connectivity index (χ3n) is 4.96. The van der Waals surface area contributed by atoms with Crippen LogP contribution in [0.5, 0.6) is 5.75 Å². The lowest BCUT2D eigenvalue weighted by molar-refractivity contribution is -0.118. The Bertz CT molecular complexity index is 948. The van der Waals surface area contributed by atoms with Crippen LogP contribution >= 0.6 is 0 Å². The third kappa shape index (κ3) is 4.79. The van der Waals surface area contributed by atoms with Crippen molar-refractivity contribution in [2.24, 2.45) is 5.73 Å². The maximum atomic E-state index is 13.7. The van der Waals surface area contributed by atoms with Crippen LogP contribution in [0.2, 0.25) is 0 Å². The monoisotopic (exact) mass is 410 g/mol. The van der Waals surface area contributed by atoms with Gasteiger partial charge in [-0.3, -0.25) is 14.5 Å². The molecule has 0 radical (unpaired) electrons. The Balaban J connectivity index is 2.05. The molecule has 1 aromatic carbocycles. The van der Waals surface area contributed by atoms with E-state index >= 15 is 0 Å². The lowest BCUT2D eigenvalue weighted by atomic mass is 9.91. The van der Waals surface area contributed by atoms with E-state index in [1.54, 1.807) is 0 Å². The molecule has 1 aliphatic heterocycles. The van der Waals surface area contributed by atoms with Crippen LogP contribution in [-0.4, -0.2) is 29.0 Å². The fourth-order valence-corrected chi connectivity index (χ4v) is 3.55. The van der Waals surface area contributed by atoms with E-state index in [9.17, 15) is 27.9 Å². The molecule has 1 aliphatic rings. The molecule has 1 atom stereocenters. The standard InChI is InChI=1S/C20H21F3N2O4/c21-14-6-11(7-15(22)18(14)23)13(9-17(24)27)20-19(28)16(26)8-12(29-20)10-25-4-2-1-3-5-25/h6-8,13,28H,1-5,9-10H2,(H2,24,27)/t13-/m0/s1. The number of primary amides is 1. The molecule has 3 rings (SSSR count). The smallest absolute Gasteiger partial charge is 0.227 e. The summed E-state index contributed by atoms with van der Waals surface area (Å²) < 4.78 is 46.5. The normalized spacial score (nSPS) is 16.0. The van der Waals surface area contributed by atoms with E-state index in [-0.39, 0.29) is 17.1 Å². The molecule has 0 bridgehead atoms. The Labute approximate surface area is 164 Å². The van der Waals surface area contributed by atoms with E-state index in [0.717, 1.165) is 38.4 Å². The van der Waals surface area contributed by atoms with Crippen molar-refractivity contribution in [3.8, 4) is 5.75 Å². The fraction of sp³-hybridized carbons (Fsp3) is 0.400. The molecular formula is C20H21F3N2O4. The van der Waals surface area contributed by atoms with Crippen LogP contribution in [0, 0.1) is 17.5 Å². The summed E-state index contributed by atoms with van der Waals surface area (Å²) in [5, 5.41) is 10.2. The Morgan fingerprint density at radius 1 is 1.14 bits per heavy atom. The van der Waals surface area contributed by atoms with Gasteiger partial charge in [0.1, 0.15) is 5.76 Å². The van der Waals surface area contributed by atoms with Gasteiger partial charge in [0.2, 0.25) is 17.1 Å². The summed E-state index contributed by atoms with van der Waals surface area (Å²) in [6, 6.07) is 2.51. The van der Waals surface area contributed by atoms with E-state index in [1.807, 2.05) is 0 Å². The second-order valence-corrected chi connectivity index (χ2v) is 7.15. The van der Waals surface area contributed by atoms with Gasteiger partial charge in [0, 0.05) is 12.5 Å². The van der Waals surface area contributed by atoms with Gasteiger partial charge in [-0.2, -0.15) is 0 Å². The average molecular weight is 410 g/mol. The number of hydrogen-bond donors (Lipinski definition) is 2. The largest absolute Gasteiger partial charge is 0.502 e. The van der Waals surface area contributed by atoms with Crippen molar-refractivity contribution in [3.05, 3.63) is 63.0 Å². The van der Waals surface area contributed by atoms with Crippen molar-refractivity contribution < 1.29 is 27.5 Å². The van der Waals surface area contributed by atoms with Crippen LogP contribution in [0.25, 0.3) is 0 Å². The number of halogens is 3. The van der Waals surface area contributed by atoms with Crippen LogP contribution in [0.3, 0.4) is 0 Å². The molecule has 1 aromatic heterocycles. The molecule has 1 fully saturated rings. The second kappa shape index (κ2) is 8.69. The lowest BCUT2D eigenvalue weighted by Crippen LogP contribution is -2.29. The molecule has 0 unspecified atom stereocenters. The zero-order valence-corrected chi connectivity index (χ0v) is 15.6. The highest BCUT2D eigenvalue weighted by Gasteiger charge is 2.28. The van der Waals surface area contributed by atoms with Gasteiger partial charge in [0.25, 0.3) is 0 Å². The molecule has 6 nitrogen and oxygen atoms in total. The molecule has 29 heavy (non-hydrogen) atoms. The number of aromatic hydroxyl groups is 1. The first-order valence-electron chi connectivity index (χ1n) is 9.27. The van der Waals surface area contributed by atoms with Crippen molar-refractivity contribution in [1.82, 2.24) is 4.90 Å². The zero-order valence-electron chi connectivity index (χ0n) is 15.6. The molecule has 1 amide bonds. The van der Waals surface area contributed by atoms with Crippen molar-refractivity contribution in [2.45, 2.75) is 38.1 Å². The van der Waals surface area contributed by atoms with E-state index < -0.39 is 46.9 Å². The minimum Gasteiger partial charge on any atom is -0.502 e. The molecule has 0 aliphatic carbocycles. The number of nitrogens with two attached hydrogens (primary N) is 1. The van der Waals surface area contributed by atoms with Gasteiger partial charge in [0.05, 0.1) is 12.5 Å². The fourth-order valence-electron chi connectivity index (χ4n) is 3.55. The quantitative estimate of drug-likeness (QED) is 0.714. The first-order chi connectivity index (χ1) is 13.8. The minimum absolute atomic E-state index is 0.186. The van der Waals surface area contributed by atoms with Crippen LogP contribution in [-0.2, 0) is 11.3 Å². The number of rotatable bonds is 6. The van der Waals surface area contributed by atoms with E-state index in [0.29, 0.717) is 18.7 Å². The van der Waals surface area contributed by atoms with Gasteiger partial charge in [-0.05, 0) is 43.6 Å². The topological polar surface area (TPSA) is 96.8 Å². The molecular weight excluding hydrogens is 389 g/mol. The van der Waals surface area contributed by atoms with Crippen molar-refractivity contribution in [1.29, 1.82) is 0 Å². The zero-order chi connectivity index (χ0) is 21.1. The van der Waals surface area contributed by atoms with Crippen molar-refractivity contribution in [2.75, 3.05) is 13.1 Å². The van der Waals surface area contributed by atoms with Gasteiger partial charge in [-0.25, -0.2) is 13.2 Å². The minimum atomic E-state index is -1.67. The maximum absolute atomic E-state index is 13.7. The number of amides is 1. The van der Waals surface area contributed by atoms with Gasteiger partial charge in [-0.1, -0.05) is 6.42 Å². The predicted molar refractivity (Wildman–Crippen MR) is 97.7 cm³/mol. The van der Waals surface area contributed by atoms with Crippen LogP contribution < -0.4 is 11.2 Å². The molecule has 0 saturated carbocycles. The summed E-state index contributed by atoms with van der Waals surface area (Å²) >= 11 is 0. The van der Waals surface area contributed by atoms with E-state index in [4.69, 9.17) is 10.2 Å². The number of carbonyl (C=O) groups excluding carboxylic acids is 1. The molecule has 0 spiro atoms. The van der Waals surface area contributed by atoms with Crippen LogP contribution in [0.4, 0.5) is 13.2 Å². The second-order valence-electron chi connectivity index (χ2n) is 7.15. The number of likely N-dealkylation sites (tertiary alicyclic amines) is 1. The number of carbonyl (C=O) groups is 1. The first kappa shape index (κ1) is 20.9. The Kier molecular flexibility index (Phi) is 6.26. The summed E-state index contributed by atoms with van der Waals surface area (Å²) in [4.78, 5) is 25.9. The Hall–Kier alpha value is -2.81. The number of piperidine rings is 1. The van der Waals surface area contributed by atoms with Crippen molar-refractivity contribution in [3.63, 3.8) is 0 Å². The highest BCUT2D eigenvalue weighted by molar-refractivity contribution is 5.75. The van der Waals surface area contributed by atoms with Gasteiger partial charge < -0.3 is 15.3 Å². The van der Waals surface area contributed by atoms with Gasteiger partial charge in [-0.15, -0.1) is 0 Å². The molecule has 2 heterocycles. The maximum Gasteiger partial charge on any atom is 0.227 e. The summed E-state index contributed by atoms with van der Waals surface area (Å²) in [5.74, 6) is -7.62. The summed E-state index contributed by atoms with van der Waals surface area (Å²) in [6.07, 6.45) is 2.62. The Morgan fingerprint density at radius 3 is 2.34 bits per heavy atom. The highest BCUT2D eigenvalue weighted by Crippen LogP contribution is 2.34. The van der Waals surface area contributed by atoms with Gasteiger partial charge >= 0.3 is 0 Å². The summed E-state index contributed by atoms with van der Waals surface area (Å²) in [5.41, 5.74) is 4.30. The number of nitrogens with zero attached hydrogens (tertiary/aromatic N) is 1. The highest BCUT2D eigenvalue weighted by atomic mass is 19.2. The number of benzene rings is 1. The average Bonchev–Trinajstić information content (AvgIpc) is 2.67. The molecule has 156 valence electrons. The SMILES string of the molecule is NC(=O)C[C@@H](c1cc(F)c(F)c(F)c1)c1oc(CN2CCCCC2)cc(=O)c1O. The third-order valence-corrected chi connectivity index (χ3v) is 4.96. The van der Waals surface area contributed by atoms with Gasteiger partial charge in [0.15, 0.2) is 23.2 Å². The van der Waals surface area contributed by atoms with Crippen molar-refractivity contribution >= 4 is 5.91 Å².